The van der Waals surface area contributed by atoms with Crippen molar-refractivity contribution in [2.45, 2.75) is 39.9 Å². The number of amides is 1. The highest BCUT2D eigenvalue weighted by Crippen LogP contribution is 2.16. The summed E-state index contributed by atoms with van der Waals surface area (Å²) in [4.78, 5) is 52.9. The molecule has 9 heteroatoms. The van der Waals surface area contributed by atoms with E-state index in [2.05, 4.69) is 10.4 Å². The molecule has 1 amide bonds. The molecule has 0 unspecified atom stereocenters. The Kier molecular flexibility index (Phi) is 6.50. The first-order valence-corrected chi connectivity index (χ1v) is 12.3. The van der Waals surface area contributed by atoms with Gasteiger partial charge in [-0.1, -0.05) is 60.2 Å². The largest absolute Gasteiger partial charge is 0.352 e. The lowest BCUT2D eigenvalue weighted by atomic mass is 10.1. The van der Waals surface area contributed by atoms with E-state index in [4.69, 9.17) is 0 Å². The van der Waals surface area contributed by atoms with Gasteiger partial charge in [0.25, 0.3) is 11.5 Å². The maximum absolute atomic E-state index is 13.6. The molecular formula is C29H27N5O4. The number of hydrogen-bond acceptors (Lipinski definition) is 5. The second kappa shape index (κ2) is 9.93. The molecule has 0 atom stereocenters. The van der Waals surface area contributed by atoms with Gasteiger partial charge in [-0.15, -0.1) is 5.10 Å². The number of aromatic nitrogens is 4. The molecule has 2 heterocycles. The van der Waals surface area contributed by atoms with Gasteiger partial charge in [-0.2, -0.15) is 0 Å². The number of aryl methyl sites for hydroxylation is 1. The fourth-order valence-electron chi connectivity index (χ4n) is 4.38. The van der Waals surface area contributed by atoms with Gasteiger partial charge in [0.15, 0.2) is 5.78 Å². The topological polar surface area (TPSA) is 107 Å². The number of ketones is 1. The minimum atomic E-state index is -0.575. The Balaban J connectivity index is 1.71. The number of benzene rings is 3. The third-order valence-corrected chi connectivity index (χ3v) is 6.31. The predicted molar refractivity (Wildman–Crippen MR) is 145 cm³/mol. The molecule has 192 valence electrons. The summed E-state index contributed by atoms with van der Waals surface area (Å²) >= 11 is 0. The quantitative estimate of drug-likeness (QED) is 0.339. The Morgan fingerprint density at radius 3 is 2.29 bits per heavy atom. The first-order valence-electron chi connectivity index (χ1n) is 12.3. The molecule has 0 fully saturated rings. The van der Waals surface area contributed by atoms with Crippen LogP contribution in [0.1, 0.15) is 45.7 Å². The van der Waals surface area contributed by atoms with Gasteiger partial charge in [-0.3, -0.25) is 19.0 Å². The number of Topliss-reactive ketones (excluding diaryl/α,β-unsaturated/α-hetero) is 1. The van der Waals surface area contributed by atoms with E-state index in [-0.39, 0.29) is 53.1 Å². The van der Waals surface area contributed by atoms with Crippen molar-refractivity contribution in [1.29, 1.82) is 0 Å². The van der Waals surface area contributed by atoms with E-state index >= 15 is 0 Å². The lowest BCUT2D eigenvalue weighted by molar-refractivity contribution is 0.0940. The third kappa shape index (κ3) is 4.66. The Hall–Kier alpha value is -4.79. The van der Waals surface area contributed by atoms with Crippen molar-refractivity contribution >= 4 is 28.4 Å². The molecule has 9 nitrogen and oxygen atoms in total. The zero-order valence-corrected chi connectivity index (χ0v) is 21.3. The summed E-state index contributed by atoms with van der Waals surface area (Å²) in [5.74, 6) is -0.512. The minimum Gasteiger partial charge on any atom is -0.350 e. The van der Waals surface area contributed by atoms with Crippen LogP contribution in [-0.2, 0) is 13.1 Å². The molecule has 3 aromatic carbocycles. The number of hydrogen-bond donors (Lipinski definition) is 1. The summed E-state index contributed by atoms with van der Waals surface area (Å²) in [5, 5.41) is 7.52. The first kappa shape index (κ1) is 24.9. The molecule has 0 aliphatic carbocycles. The summed E-state index contributed by atoms with van der Waals surface area (Å²) in [6.07, 6.45) is 0. The summed E-state index contributed by atoms with van der Waals surface area (Å²) in [5.41, 5.74) is 1.95. The van der Waals surface area contributed by atoms with Crippen molar-refractivity contribution in [3.8, 4) is 0 Å². The first-order chi connectivity index (χ1) is 18.2. The van der Waals surface area contributed by atoms with E-state index < -0.39 is 5.69 Å². The zero-order valence-electron chi connectivity index (χ0n) is 21.3. The fraction of sp³-hybridized carbons (Fsp3) is 0.207. The number of rotatable bonds is 7. The number of nitrogens with one attached hydrogen (secondary N) is 1. The molecule has 1 N–H and O–H groups in total. The number of fused-ring (bicyclic) bond motifs is 3. The second-order valence-electron chi connectivity index (χ2n) is 9.60. The molecule has 38 heavy (non-hydrogen) atoms. The van der Waals surface area contributed by atoms with Gasteiger partial charge in [0.05, 0.1) is 17.4 Å². The molecule has 5 aromatic rings. The monoisotopic (exact) mass is 509 g/mol. The van der Waals surface area contributed by atoms with Gasteiger partial charge in [0, 0.05) is 17.2 Å². The van der Waals surface area contributed by atoms with Crippen molar-refractivity contribution in [2.24, 2.45) is 0 Å². The molecule has 0 spiro atoms. The van der Waals surface area contributed by atoms with Gasteiger partial charge in [0.2, 0.25) is 5.78 Å². The van der Waals surface area contributed by atoms with E-state index in [0.29, 0.717) is 11.1 Å². The predicted octanol–water partition coefficient (Wildman–Crippen LogP) is 3.19. The molecule has 5 rings (SSSR count). The molecule has 2 aromatic heterocycles. The highest BCUT2D eigenvalue weighted by molar-refractivity contribution is 5.98. The number of carbonyl (C=O) groups is 2. The lowest BCUT2D eigenvalue weighted by Crippen LogP contribution is -2.31. The van der Waals surface area contributed by atoms with Crippen LogP contribution in [0.2, 0.25) is 0 Å². The van der Waals surface area contributed by atoms with Crippen LogP contribution in [0.25, 0.3) is 16.7 Å². The van der Waals surface area contributed by atoms with Crippen molar-refractivity contribution in [3.63, 3.8) is 0 Å². The summed E-state index contributed by atoms with van der Waals surface area (Å²) < 4.78 is 3.78. The average molecular weight is 510 g/mol. The minimum absolute atomic E-state index is 0.0876. The van der Waals surface area contributed by atoms with E-state index in [1.54, 1.807) is 24.3 Å². The Morgan fingerprint density at radius 2 is 1.61 bits per heavy atom. The molecule has 0 aliphatic rings. The Bertz CT molecular complexity index is 1800. The van der Waals surface area contributed by atoms with Gasteiger partial charge in [0.1, 0.15) is 6.54 Å². The van der Waals surface area contributed by atoms with Crippen LogP contribution in [0, 0.1) is 6.92 Å². The van der Waals surface area contributed by atoms with Crippen LogP contribution in [-0.4, -0.2) is 36.5 Å². The van der Waals surface area contributed by atoms with Crippen LogP contribution in [0.15, 0.2) is 82.4 Å². The van der Waals surface area contributed by atoms with E-state index in [1.165, 1.54) is 15.0 Å². The van der Waals surface area contributed by atoms with Crippen LogP contribution in [0.4, 0.5) is 0 Å². The SMILES string of the molecule is Cc1ccc(C(=O)Cn2nc3n(Cc4ccccc4)c(=O)c4ccc(C(=O)NC(C)C)cc4n3c2=O)cc1. The lowest BCUT2D eigenvalue weighted by Gasteiger charge is -2.12. The van der Waals surface area contributed by atoms with Crippen molar-refractivity contribution < 1.29 is 9.59 Å². The number of nitrogens with zero attached hydrogens (tertiary/aromatic N) is 4. The van der Waals surface area contributed by atoms with Gasteiger partial charge in [-0.05, 0) is 44.5 Å². The number of carbonyl (C=O) groups excluding carboxylic acids is 2. The molecule has 0 radical (unpaired) electrons. The summed E-state index contributed by atoms with van der Waals surface area (Å²) in [7, 11) is 0. The van der Waals surface area contributed by atoms with Crippen molar-refractivity contribution in [2.75, 3.05) is 0 Å². The molecular weight excluding hydrogens is 482 g/mol. The molecule has 0 saturated carbocycles. The Labute approximate surface area is 218 Å². The van der Waals surface area contributed by atoms with E-state index in [1.807, 2.05) is 63.2 Å². The smallest absolute Gasteiger partial charge is 0.350 e. The maximum atomic E-state index is 13.6. The van der Waals surface area contributed by atoms with Gasteiger partial charge >= 0.3 is 5.69 Å². The van der Waals surface area contributed by atoms with Crippen molar-refractivity contribution in [3.05, 3.63) is 116 Å². The third-order valence-electron chi connectivity index (χ3n) is 6.31. The van der Waals surface area contributed by atoms with Crippen LogP contribution in [0.5, 0.6) is 0 Å². The molecule has 0 saturated heterocycles. The van der Waals surface area contributed by atoms with Crippen LogP contribution < -0.4 is 16.6 Å². The normalized spacial score (nSPS) is 11.4. The van der Waals surface area contributed by atoms with E-state index in [0.717, 1.165) is 15.8 Å². The van der Waals surface area contributed by atoms with Gasteiger partial charge in [-0.25, -0.2) is 13.9 Å². The fourth-order valence-corrected chi connectivity index (χ4v) is 4.38. The highest BCUT2D eigenvalue weighted by Gasteiger charge is 2.21. The Morgan fingerprint density at radius 1 is 0.921 bits per heavy atom. The average Bonchev–Trinajstić information content (AvgIpc) is 3.22. The van der Waals surface area contributed by atoms with E-state index in [9.17, 15) is 19.2 Å². The van der Waals surface area contributed by atoms with Gasteiger partial charge < -0.3 is 5.32 Å². The highest BCUT2D eigenvalue weighted by atomic mass is 16.2. The molecule has 0 aliphatic heterocycles. The second-order valence-corrected chi connectivity index (χ2v) is 9.60. The van der Waals surface area contributed by atoms with Crippen molar-refractivity contribution in [1.82, 2.24) is 24.1 Å². The summed E-state index contributed by atoms with van der Waals surface area (Å²) in [6.45, 7) is 5.50. The van der Waals surface area contributed by atoms with Crippen LogP contribution in [0.3, 0.4) is 0 Å². The molecule has 0 bridgehead atoms. The zero-order chi connectivity index (χ0) is 27.0. The summed E-state index contributed by atoms with van der Waals surface area (Å²) in [6, 6.07) is 21.0. The maximum Gasteiger partial charge on any atom is 0.352 e. The standard InChI is InChI=1S/C29H27N5O4/c1-18(2)30-26(36)22-13-14-23-24(15-22)34-28(32(27(23)37)16-20-7-5-4-6-8-20)31-33(29(34)38)17-25(35)21-11-9-19(3)10-12-21/h4-15,18H,16-17H2,1-3H3,(H,30,36). The van der Waals surface area contributed by atoms with Crippen LogP contribution >= 0.6 is 0 Å².